The molecule has 1 saturated heterocycles. The molecule has 6 nitrogen and oxygen atoms in total. The molecule has 2 heterocycles. The lowest BCUT2D eigenvalue weighted by molar-refractivity contribution is -0.212. The van der Waals surface area contributed by atoms with E-state index in [0.717, 1.165) is 78.9 Å². The van der Waals surface area contributed by atoms with Crippen molar-refractivity contribution in [2.45, 2.75) is 45.1 Å². The van der Waals surface area contributed by atoms with E-state index < -0.39 is 10.8 Å². The first-order valence-electron chi connectivity index (χ1n) is 12.7. The fraction of sp³-hybridized carbons (Fsp3) is 0.464. The van der Waals surface area contributed by atoms with Crippen LogP contribution < -0.4 is 20.5 Å². The summed E-state index contributed by atoms with van der Waals surface area (Å²) in [6.07, 6.45) is 7.96. The van der Waals surface area contributed by atoms with Crippen LogP contribution in [0.5, 0.6) is 5.75 Å². The third kappa shape index (κ3) is 6.33. The first kappa shape index (κ1) is 24.1. The van der Waals surface area contributed by atoms with Crippen LogP contribution in [-0.4, -0.2) is 47.4 Å². The first-order chi connectivity index (χ1) is 17.0. The molecule has 3 aliphatic rings. The summed E-state index contributed by atoms with van der Waals surface area (Å²) in [6.45, 7) is 4.33. The van der Waals surface area contributed by atoms with Crippen molar-refractivity contribution < 1.29 is 14.1 Å². The van der Waals surface area contributed by atoms with Gasteiger partial charge in [0.05, 0.1) is 12.3 Å². The summed E-state index contributed by atoms with van der Waals surface area (Å²) in [6, 6.07) is 11.7. The molecule has 186 valence electrons. The average Bonchev–Trinajstić information content (AvgIpc) is 3.70. The van der Waals surface area contributed by atoms with Gasteiger partial charge in [-0.2, -0.15) is 0 Å². The molecule has 2 aliphatic heterocycles. The quantitative estimate of drug-likeness (QED) is 0.409. The van der Waals surface area contributed by atoms with Gasteiger partial charge in [0, 0.05) is 47.1 Å². The highest BCUT2D eigenvalue weighted by atomic mass is 32.2. The maximum absolute atomic E-state index is 12.8. The highest BCUT2D eigenvalue weighted by Gasteiger charge is 2.21. The second-order valence-electron chi connectivity index (χ2n) is 9.86. The number of benzene rings is 2. The number of ether oxygens (including phenoxy) is 1. The second kappa shape index (κ2) is 11.0. The van der Waals surface area contributed by atoms with E-state index in [9.17, 15) is 9.32 Å². The van der Waals surface area contributed by atoms with Crippen LogP contribution in [0.2, 0.25) is 0 Å². The molecular weight excluding hydrogens is 458 g/mol. The van der Waals surface area contributed by atoms with Crippen molar-refractivity contribution in [3.8, 4) is 5.75 Å². The van der Waals surface area contributed by atoms with Crippen molar-refractivity contribution in [1.29, 1.82) is 0 Å². The lowest BCUT2D eigenvalue weighted by Crippen LogP contribution is -2.37. The molecule has 0 amide bonds. The molecule has 2 aromatic carbocycles. The molecule has 0 bridgehead atoms. The van der Waals surface area contributed by atoms with E-state index in [0.29, 0.717) is 17.3 Å². The van der Waals surface area contributed by atoms with Crippen LogP contribution in [0.15, 0.2) is 47.0 Å². The van der Waals surface area contributed by atoms with Gasteiger partial charge < -0.3 is 20.5 Å². The summed E-state index contributed by atoms with van der Waals surface area (Å²) in [4.78, 5) is 4.41. The van der Waals surface area contributed by atoms with E-state index in [-0.39, 0.29) is 5.90 Å². The zero-order valence-electron chi connectivity index (χ0n) is 20.3. The van der Waals surface area contributed by atoms with Gasteiger partial charge in [-0.05, 0) is 78.5 Å². The molecule has 0 aromatic heterocycles. The molecule has 5 rings (SSSR count). The zero-order chi connectivity index (χ0) is 24.2. The first-order valence-corrected chi connectivity index (χ1v) is 14.2. The Kier molecular flexibility index (Phi) is 7.54. The summed E-state index contributed by atoms with van der Waals surface area (Å²) in [7, 11) is -0.628. The molecule has 2 aromatic rings. The van der Waals surface area contributed by atoms with Gasteiger partial charge in [0.25, 0.3) is 0 Å². The van der Waals surface area contributed by atoms with Gasteiger partial charge in [-0.25, -0.2) is 0 Å². The van der Waals surface area contributed by atoms with Crippen LogP contribution in [0.25, 0.3) is 6.08 Å². The molecular formula is C28H34N3O3S-. The average molecular weight is 493 g/mol. The number of rotatable bonds is 9. The SMILES string of the molecule is Cc1c(N=C([O-])c2ccc(OCCC3CC3)cc2)ccc2c1NCC(CNC1CCS(=O)CC1)=C2. The number of aliphatic imine (C=N–C) groups is 1. The lowest BCUT2D eigenvalue weighted by atomic mass is 9.99. The Hall–Kier alpha value is -2.64. The highest BCUT2D eigenvalue weighted by molar-refractivity contribution is 7.85. The number of hydrogen-bond donors (Lipinski definition) is 2. The zero-order valence-corrected chi connectivity index (χ0v) is 21.2. The minimum absolute atomic E-state index is 0.248. The van der Waals surface area contributed by atoms with Crippen LogP contribution in [-0.2, 0) is 10.8 Å². The third-order valence-corrected chi connectivity index (χ3v) is 8.52. The number of anilines is 1. The molecule has 1 aliphatic carbocycles. The van der Waals surface area contributed by atoms with Crippen molar-refractivity contribution in [2.24, 2.45) is 10.9 Å². The Morgan fingerprint density at radius 3 is 2.66 bits per heavy atom. The van der Waals surface area contributed by atoms with Crippen molar-refractivity contribution in [2.75, 3.05) is 36.5 Å². The molecule has 0 atom stereocenters. The van der Waals surface area contributed by atoms with Crippen molar-refractivity contribution in [1.82, 2.24) is 5.32 Å². The Morgan fingerprint density at radius 2 is 1.91 bits per heavy atom. The van der Waals surface area contributed by atoms with Crippen molar-refractivity contribution in [3.05, 3.63) is 58.7 Å². The Morgan fingerprint density at radius 1 is 1.14 bits per heavy atom. The van der Waals surface area contributed by atoms with Crippen LogP contribution in [0.4, 0.5) is 11.4 Å². The van der Waals surface area contributed by atoms with Crippen LogP contribution in [0.1, 0.15) is 48.8 Å². The van der Waals surface area contributed by atoms with E-state index in [1.807, 2.05) is 31.2 Å². The van der Waals surface area contributed by atoms with Gasteiger partial charge in [-0.1, -0.05) is 37.1 Å². The number of nitrogens with one attached hydrogen (secondary N) is 2. The fourth-order valence-electron chi connectivity index (χ4n) is 4.68. The van der Waals surface area contributed by atoms with Gasteiger partial charge in [0.2, 0.25) is 0 Å². The highest BCUT2D eigenvalue weighted by Crippen LogP contribution is 2.34. The Bertz CT molecular complexity index is 1130. The second-order valence-corrected chi connectivity index (χ2v) is 11.6. The van der Waals surface area contributed by atoms with Gasteiger partial charge in [-0.15, -0.1) is 0 Å². The maximum Gasteiger partial charge on any atom is 0.119 e. The topological polar surface area (TPSA) is 85.8 Å². The van der Waals surface area contributed by atoms with E-state index in [1.54, 1.807) is 12.1 Å². The maximum atomic E-state index is 12.8. The predicted octanol–water partition coefficient (Wildman–Crippen LogP) is 3.92. The molecule has 0 radical (unpaired) electrons. The summed E-state index contributed by atoms with van der Waals surface area (Å²) < 4.78 is 17.3. The van der Waals surface area contributed by atoms with Gasteiger partial charge in [0.1, 0.15) is 5.75 Å². The molecule has 35 heavy (non-hydrogen) atoms. The summed E-state index contributed by atoms with van der Waals surface area (Å²) in [5.74, 6) is 3.01. The minimum Gasteiger partial charge on any atom is -0.858 e. The van der Waals surface area contributed by atoms with E-state index in [4.69, 9.17) is 4.74 Å². The largest absolute Gasteiger partial charge is 0.858 e. The standard InChI is InChI=1S/C28H35N3O3S/c1-19-26(31-28(32)22-4-7-25(8-5-22)34-13-10-20-2-3-20)9-6-23-16-21(18-30-27(19)23)17-29-24-11-14-35(33)15-12-24/h4-9,16,20,24,29-30H,2-3,10-15,17-18H2,1H3,(H,31,32)/p-1. The number of nitrogens with zero attached hydrogens (tertiary/aromatic N) is 1. The summed E-state index contributed by atoms with van der Waals surface area (Å²) >= 11 is 0. The summed E-state index contributed by atoms with van der Waals surface area (Å²) in [5.41, 5.74) is 5.68. The molecule has 0 unspecified atom stereocenters. The predicted molar refractivity (Wildman–Crippen MR) is 142 cm³/mol. The number of fused-ring (bicyclic) bond motifs is 1. The van der Waals surface area contributed by atoms with Gasteiger partial charge >= 0.3 is 0 Å². The molecule has 2 N–H and O–H groups in total. The smallest absolute Gasteiger partial charge is 0.119 e. The molecule has 1 saturated carbocycles. The lowest BCUT2D eigenvalue weighted by Gasteiger charge is -2.26. The Labute approximate surface area is 210 Å². The Balaban J connectivity index is 1.21. The number of hydrogen-bond acceptors (Lipinski definition) is 6. The van der Waals surface area contributed by atoms with Crippen LogP contribution >= 0.6 is 0 Å². The monoisotopic (exact) mass is 492 g/mol. The van der Waals surface area contributed by atoms with E-state index in [1.165, 1.54) is 18.4 Å². The minimum atomic E-state index is -0.628. The fourth-order valence-corrected chi connectivity index (χ4v) is 5.97. The van der Waals surface area contributed by atoms with Crippen LogP contribution in [0, 0.1) is 12.8 Å². The molecule has 2 fully saturated rings. The molecule has 7 heteroatoms. The third-order valence-electron chi connectivity index (χ3n) is 7.14. The van der Waals surface area contributed by atoms with E-state index in [2.05, 4.69) is 21.7 Å². The van der Waals surface area contributed by atoms with Crippen molar-refractivity contribution in [3.63, 3.8) is 0 Å². The van der Waals surface area contributed by atoms with Gasteiger partial charge in [0.15, 0.2) is 0 Å². The van der Waals surface area contributed by atoms with Gasteiger partial charge in [-0.3, -0.25) is 9.20 Å². The normalized spacial score (nSPS) is 22.2. The summed E-state index contributed by atoms with van der Waals surface area (Å²) in [5, 5.41) is 19.9. The molecule has 0 spiro atoms. The van der Waals surface area contributed by atoms with Crippen LogP contribution in [0.3, 0.4) is 0 Å². The van der Waals surface area contributed by atoms with E-state index >= 15 is 0 Å². The van der Waals surface area contributed by atoms with Crippen molar-refractivity contribution >= 4 is 34.1 Å².